The van der Waals surface area contributed by atoms with Crippen LogP contribution in [0.25, 0.3) is 6.08 Å². The molecule has 3 atom stereocenters. The fraction of sp³-hybridized carbons (Fsp3) is 0.179. The Morgan fingerprint density at radius 3 is 2.12 bits per heavy atom. The van der Waals surface area contributed by atoms with Gasteiger partial charge in [0.05, 0.1) is 12.1 Å². The molecule has 3 aromatic rings. The van der Waals surface area contributed by atoms with Crippen LogP contribution in [0.2, 0.25) is 0 Å². The minimum atomic E-state index is -1.40. The van der Waals surface area contributed by atoms with Crippen LogP contribution in [-0.4, -0.2) is 29.4 Å². The zero-order valence-electron chi connectivity index (χ0n) is 17.9. The SMILES string of the molecule is CC(=O)[C@H]1[C@H](c2ccc(Br)cc2)C2(C(=O)c3ccccc3C2=O)[C@@H]2C=Cc3ccccc3N21. The van der Waals surface area contributed by atoms with Crippen LogP contribution in [0, 0.1) is 5.41 Å². The van der Waals surface area contributed by atoms with Crippen molar-refractivity contribution in [1.29, 1.82) is 0 Å². The molecule has 0 N–H and O–H groups in total. The van der Waals surface area contributed by atoms with E-state index in [1.165, 1.54) is 0 Å². The highest BCUT2D eigenvalue weighted by Crippen LogP contribution is 2.60. The quantitative estimate of drug-likeness (QED) is 0.440. The van der Waals surface area contributed by atoms with Crippen LogP contribution in [0.1, 0.15) is 44.7 Å². The van der Waals surface area contributed by atoms with Crippen molar-refractivity contribution in [1.82, 2.24) is 0 Å². The molecule has 2 aliphatic heterocycles. The number of anilines is 1. The van der Waals surface area contributed by atoms with Crippen molar-refractivity contribution >= 4 is 45.0 Å². The van der Waals surface area contributed by atoms with Gasteiger partial charge in [0.25, 0.3) is 0 Å². The van der Waals surface area contributed by atoms with E-state index in [4.69, 9.17) is 0 Å². The maximum absolute atomic E-state index is 14.2. The monoisotopic (exact) mass is 497 g/mol. The minimum Gasteiger partial charge on any atom is -0.352 e. The van der Waals surface area contributed by atoms with Gasteiger partial charge in [-0.3, -0.25) is 14.4 Å². The van der Waals surface area contributed by atoms with Gasteiger partial charge in [0.15, 0.2) is 17.3 Å². The van der Waals surface area contributed by atoms with Crippen LogP contribution in [0.3, 0.4) is 0 Å². The first-order chi connectivity index (χ1) is 16.0. The third kappa shape index (κ3) is 2.54. The van der Waals surface area contributed by atoms with Gasteiger partial charge < -0.3 is 4.90 Å². The van der Waals surface area contributed by atoms with Crippen molar-refractivity contribution in [3.8, 4) is 0 Å². The number of nitrogens with zero attached hydrogens (tertiary/aromatic N) is 1. The van der Waals surface area contributed by atoms with E-state index in [0.29, 0.717) is 11.1 Å². The number of halogens is 1. The smallest absolute Gasteiger partial charge is 0.180 e. The van der Waals surface area contributed by atoms with Gasteiger partial charge in [0.2, 0.25) is 0 Å². The molecule has 162 valence electrons. The van der Waals surface area contributed by atoms with Crippen molar-refractivity contribution in [2.24, 2.45) is 5.41 Å². The predicted octanol–water partition coefficient (Wildman–Crippen LogP) is 5.47. The average Bonchev–Trinajstić information content (AvgIpc) is 3.27. The maximum Gasteiger partial charge on any atom is 0.180 e. The van der Waals surface area contributed by atoms with Gasteiger partial charge in [-0.15, -0.1) is 0 Å². The second-order valence-electron chi connectivity index (χ2n) is 8.93. The largest absolute Gasteiger partial charge is 0.352 e. The van der Waals surface area contributed by atoms with E-state index in [9.17, 15) is 14.4 Å². The molecule has 2 heterocycles. The third-order valence-corrected chi connectivity index (χ3v) is 7.89. The zero-order chi connectivity index (χ0) is 22.9. The lowest BCUT2D eigenvalue weighted by Gasteiger charge is -2.37. The molecule has 1 saturated heterocycles. The molecular weight excluding hydrogens is 478 g/mol. The molecule has 0 radical (unpaired) electrons. The lowest BCUT2D eigenvalue weighted by molar-refractivity contribution is -0.118. The molecule has 1 spiro atoms. The summed E-state index contributed by atoms with van der Waals surface area (Å²) in [4.78, 5) is 43.7. The molecule has 1 fully saturated rings. The van der Waals surface area contributed by atoms with Gasteiger partial charge in [-0.2, -0.15) is 0 Å². The Balaban J connectivity index is 1.68. The van der Waals surface area contributed by atoms with Crippen LogP contribution in [0.15, 0.2) is 83.3 Å². The Labute approximate surface area is 200 Å². The van der Waals surface area contributed by atoms with Gasteiger partial charge in [-0.05, 0) is 36.2 Å². The molecular formula is C28H20BrNO3. The Morgan fingerprint density at radius 2 is 1.48 bits per heavy atom. The molecule has 0 unspecified atom stereocenters. The number of carbonyl (C=O) groups excluding carboxylic acids is 3. The number of carbonyl (C=O) groups is 3. The normalized spacial score (nSPS) is 24.1. The number of benzene rings is 3. The molecule has 0 saturated carbocycles. The van der Waals surface area contributed by atoms with E-state index >= 15 is 0 Å². The maximum atomic E-state index is 14.2. The lowest BCUT2D eigenvalue weighted by atomic mass is 9.64. The fourth-order valence-corrected chi connectivity index (χ4v) is 6.38. The molecule has 5 heteroatoms. The van der Waals surface area contributed by atoms with Crippen LogP contribution in [-0.2, 0) is 4.79 Å². The third-order valence-electron chi connectivity index (χ3n) is 7.36. The Morgan fingerprint density at radius 1 is 0.879 bits per heavy atom. The highest BCUT2D eigenvalue weighted by Gasteiger charge is 2.71. The van der Waals surface area contributed by atoms with Crippen LogP contribution in [0.5, 0.6) is 0 Å². The van der Waals surface area contributed by atoms with Crippen molar-refractivity contribution in [3.63, 3.8) is 0 Å². The first kappa shape index (κ1) is 20.3. The summed E-state index contributed by atoms with van der Waals surface area (Å²) >= 11 is 3.48. The number of hydrogen-bond acceptors (Lipinski definition) is 4. The first-order valence-electron chi connectivity index (χ1n) is 11.0. The highest BCUT2D eigenvalue weighted by molar-refractivity contribution is 9.10. The standard InChI is InChI=1S/C28H20BrNO3/c1-16(31)25-24(18-10-13-19(29)14-11-18)28(26(32)20-7-3-4-8-21(20)27(28)33)23-15-12-17-6-2-5-9-22(17)30(23)25/h2-15,23-25H,1H3/t23-,24-,25-/m0/s1. The van der Waals surface area contributed by atoms with Crippen LogP contribution < -0.4 is 4.90 Å². The van der Waals surface area contributed by atoms with Crippen molar-refractivity contribution < 1.29 is 14.4 Å². The Kier molecular flexibility index (Phi) is 4.36. The predicted molar refractivity (Wildman–Crippen MR) is 131 cm³/mol. The van der Waals surface area contributed by atoms with E-state index in [1.54, 1.807) is 31.2 Å². The molecule has 1 aliphatic carbocycles. The molecule has 0 aromatic heterocycles. The Bertz CT molecular complexity index is 1340. The number of ketones is 3. The summed E-state index contributed by atoms with van der Waals surface area (Å²) in [5.74, 6) is -1.07. The number of rotatable bonds is 2. The molecule has 3 aliphatic rings. The molecule has 0 bridgehead atoms. The van der Waals surface area contributed by atoms with Crippen molar-refractivity contribution in [3.05, 3.63) is 106 Å². The molecule has 0 amide bonds. The van der Waals surface area contributed by atoms with Gasteiger partial charge in [-0.25, -0.2) is 0 Å². The summed E-state index contributed by atoms with van der Waals surface area (Å²) < 4.78 is 0.896. The lowest BCUT2D eigenvalue weighted by Crippen LogP contribution is -2.48. The van der Waals surface area contributed by atoms with E-state index in [2.05, 4.69) is 15.9 Å². The minimum absolute atomic E-state index is 0.0635. The van der Waals surface area contributed by atoms with E-state index < -0.39 is 23.4 Å². The molecule has 6 rings (SSSR count). The number of para-hydroxylation sites is 1. The number of fused-ring (bicyclic) bond motifs is 5. The van der Waals surface area contributed by atoms with Crippen molar-refractivity contribution in [2.45, 2.75) is 24.9 Å². The number of Topliss-reactive ketones (excluding diaryl/α,β-unsaturated/α-hetero) is 3. The molecule has 4 nitrogen and oxygen atoms in total. The average molecular weight is 498 g/mol. The number of hydrogen-bond donors (Lipinski definition) is 0. The van der Waals surface area contributed by atoms with E-state index in [1.807, 2.05) is 65.6 Å². The van der Waals surface area contributed by atoms with Crippen LogP contribution >= 0.6 is 15.9 Å². The van der Waals surface area contributed by atoms with Crippen LogP contribution in [0.4, 0.5) is 5.69 Å². The second-order valence-corrected chi connectivity index (χ2v) is 9.84. The second kappa shape index (κ2) is 7.09. The topological polar surface area (TPSA) is 54.5 Å². The Hall–Kier alpha value is -3.31. The fourth-order valence-electron chi connectivity index (χ4n) is 6.11. The van der Waals surface area contributed by atoms with Gasteiger partial charge in [-0.1, -0.05) is 82.7 Å². The summed E-state index contributed by atoms with van der Waals surface area (Å²) in [6, 6.07) is 21.3. The van der Waals surface area contributed by atoms with Gasteiger partial charge in [0.1, 0.15) is 5.41 Å². The summed E-state index contributed by atoms with van der Waals surface area (Å²) in [6.07, 6.45) is 3.92. The first-order valence-corrected chi connectivity index (χ1v) is 11.8. The summed E-state index contributed by atoms with van der Waals surface area (Å²) in [5.41, 5.74) is 2.15. The molecule has 33 heavy (non-hydrogen) atoms. The highest BCUT2D eigenvalue weighted by atomic mass is 79.9. The van der Waals surface area contributed by atoms with Gasteiger partial charge >= 0.3 is 0 Å². The zero-order valence-corrected chi connectivity index (χ0v) is 19.5. The summed E-state index contributed by atoms with van der Waals surface area (Å²) in [5, 5.41) is 0. The van der Waals surface area contributed by atoms with E-state index in [0.717, 1.165) is 21.3 Å². The van der Waals surface area contributed by atoms with Crippen molar-refractivity contribution in [2.75, 3.05) is 4.90 Å². The van der Waals surface area contributed by atoms with Gasteiger partial charge in [0, 0.05) is 27.2 Å². The summed E-state index contributed by atoms with van der Waals surface area (Å²) in [7, 11) is 0. The molecule has 3 aromatic carbocycles. The van der Waals surface area contributed by atoms with E-state index in [-0.39, 0.29) is 17.3 Å². The summed E-state index contributed by atoms with van der Waals surface area (Å²) in [6.45, 7) is 1.56.